The van der Waals surface area contributed by atoms with Gasteiger partial charge in [-0.3, -0.25) is 4.79 Å². The number of hydrogen-bond acceptors (Lipinski definition) is 3. The molecule has 134 valence electrons. The van der Waals surface area contributed by atoms with Crippen molar-refractivity contribution in [3.05, 3.63) is 55.6 Å². The van der Waals surface area contributed by atoms with Crippen LogP contribution in [0.2, 0.25) is 5.02 Å². The first-order chi connectivity index (χ1) is 11.8. The lowest BCUT2D eigenvalue weighted by atomic mass is 10.1. The highest BCUT2D eigenvalue weighted by Crippen LogP contribution is 2.35. The van der Waals surface area contributed by atoms with Gasteiger partial charge in [0.05, 0.1) is 5.56 Å². The van der Waals surface area contributed by atoms with Crippen LogP contribution in [-0.2, 0) is 11.4 Å². The molecule has 0 bridgehead atoms. The summed E-state index contributed by atoms with van der Waals surface area (Å²) in [6, 6.07) is 7.91. The van der Waals surface area contributed by atoms with Crippen LogP contribution < -0.4 is 9.47 Å². The molecule has 2 rings (SSSR count). The maximum absolute atomic E-state index is 13.2. The molecule has 0 unspecified atom stereocenters. The minimum Gasteiger partial charge on any atom is -0.488 e. The zero-order chi connectivity index (χ0) is 18.6. The van der Waals surface area contributed by atoms with Crippen molar-refractivity contribution in [3.63, 3.8) is 0 Å². The lowest BCUT2D eigenvalue weighted by Gasteiger charge is -2.16. The average molecular weight is 481 g/mol. The summed E-state index contributed by atoms with van der Waals surface area (Å²) in [5.74, 6) is -0.0107. The topological polar surface area (TPSA) is 35.5 Å². The molecule has 0 fully saturated rings. The van der Waals surface area contributed by atoms with E-state index in [-0.39, 0.29) is 30.3 Å². The standard InChI is InChI=1S/C18H16ClF2IO3/c1-3-17(23)25-15-6-4-5-14(22)12(15)9-24-16-8-13(19)10(2)7-11(16)18(20)21/h4-8,18H,3,9H2,1-2H3. The summed E-state index contributed by atoms with van der Waals surface area (Å²) in [5.41, 5.74) is 0.943. The van der Waals surface area contributed by atoms with Gasteiger partial charge in [0, 0.05) is 20.6 Å². The van der Waals surface area contributed by atoms with Crippen molar-refractivity contribution in [3.8, 4) is 11.5 Å². The molecule has 0 heterocycles. The summed E-state index contributed by atoms with van der Waals surface area (Å²) in [6.45, 7) is 3.32. The number of benzene rings is 2. The molecule has 0 aliphatic carbocycles. The maximum Gasteiger partial charge on any atom is 0.310 e. The van der Waals surface area contributed by atoms with E-state index in [1.165, 1.54) is 12.1 Å². The van der Waals surface area contributed by atoms with Gasteiger partial charge in [-0.2, -0.15) is 0 Å². The molecule has 0 aliphatic rings. The van der Waals surface area contributed by atoms with Gasteiger partial charge in [-0.05, 0) is 59.3 Å². The third kappa shape index (κ3) is 5.04. The van der Waals surface area contributed by atoms with Crippen molar-refractivity contribution in [1.82, 2.24) is 0 Å². The molecule has 0 aliphatic heterocycles. The quantitative estimate of drug-likeness (QED) is 0.285. The van der Waals surface area contributed by atoms with Crippen LogP contribution in [0.3, 0.4) is 0 Å². The minimum atomic E-state index is -2.68. The number of esters is 1. The Morgan fingerprint density at radius 1 is 1.28 bits per heavy atom. The molecule has 0 saturated carbocycles. The predicted molar refractivity (Wildman–Crippen MR) is 101 cm³/mol. The van der Waals surface area contributed by atoms with Crippen molar-refractivity contribution in [2.75, 3.05) is 0 Å². The molecule has 0 amide bonds. The van der Waals surface area contributed by atoms with Crippen molar-refractivity contribution in [2.24, 2.45) is 0 Å². The molecule has 0 atom stereocenters. The monoisotopic (exact) mass is 480 g/mol. The molecule has 0 aromatic heterocycles. The highest BCUT2D eigenvalue weighted by molar-refractivity contribution is 14.1. The van der Waals surface area contributed by atoms with Gasteiger partial charge in [-0.25, -0.2) is 8.78 Å². The number of carbonyl (C=O) groups is 1. The number of carbonyl (C=O) groups excluding carboxylic acids is 1. The Kier molecular flexibility index (Phi) is 7.01. The molecular weight excluding hydrogens is 465 g/mol. The number of rotatable bonds is 6. The van der Waals surface area contributed by atoms with E-state index in [0.29, 0.717) is 21.9 Å². The van der Waals surface area contributed by atoms with E-state index >= 15 is 0 Å². The van der Waals surface area contributed by atoms with Crippen LogP contribution in [0.15, 0.2) is 30.3 Å². The van der Waals surface area contributed by atoms with Crippen LogP contribution in [0, 0.1) is 10.5 Å². The van der Waals surface area contributed by atoms with E-state index < -0.39 is 6.43 Å². The fourth-order valence-corrected chi connectivity index (χ4v) is 2.88. The third-order valence-electron chi connectivity index (χ3n) is 3.49. The summed E-state index contributed by atoms with van der Waals surface area (Å²) in [7, 11) is 0. The lowest BCUT2D eigenvalue weighted by Crippen LogP contribution is -2.10. The molecule has 0 N–H and O–H groups in total. The van der Waals surface area contributed by atoms with Gasteiger partial charge in [-0.15, -0.1) is 0 Å². The van der Waals surface area contributed by atoms with E-state index in [4.69, 9.17) is 21.1 Å². The average Bonchev–Trinajstić information content (AvgIpc) is 2.56. The van der Waals surface area contributed by atoms with Crippen molar-refractivity contribution >= 4 is 40.2 Å². The predicted octanol–water partition coefficient (Wildman–Crippen LogP) is 6.09. The van der Waals surface area contributed by atoms with Crippen LogP contribution in [0.4, 0.5) is 8.78 Å². The number of aryl methyl sites for hydroxylation is 1. The summed E-state index contributed by atoms with van der Waals surface area (Å²) in [6.07, 6.45) is -2.45. The molecule has 0 spiro atoms. The number of hydrogen-bond donors (Lipinski definition) is 0. The van der Waals surface area contributed by atoms with Gasteiger partial charge in [0.15, 0.2) is 0 Å². The zero-order valence-electron chi connectivity index (χ0n) is 13.6. The molecule has 7 heteroatoms. The largest absolute Gasteiger partial charge is 0.488 e. The molecule has 25 heavy (non-hydrogen) atoms. The summed E-state index contributed by atoms with van der Waals surface area (Å²) >= 11 is 8.10. The van der Waals surface area contributed by atoms with Crippen molar-refractivity contribution < 1.29 is 23.0 Å². The van der Waals surface area contributed by atoms with Crippen LogP contribution in [-0.4, -0.2) is 5.97 Å². The van der Waals surface area contributed by atoms with Crippen molar-refractivity contribution in [2.45, 2.75) is 33.3 Å². The minimum absolute atomic E-state index is 0.0121. The normalized spacial score (nSPS) is 10.8. The van der Waals surface area contributed by atoms with Gasteiger partial charge < -0.3 is 9.47 Å². The summed E-state index contributed by atoms with van der Waals surface area (Å²) < 4.78 is 38.2. The van der Waals surface area contributed by atoms with Gasteiger partial charge in [0.25, 0.3) is 6.43 Å². The van der Waals surface area contributed by atoms with Crippen LogP contribution in [0.1, 0.15) is 36.5 Å². The number of alkyl halides is 2. The third-order valence-corrected chi connectivity index (χ3v) is 4.90. The molecular formula is C18H16ClF2IO3. The van der Waals surface area contributed by atoms with Gasteiger partial charge in [-0.1, -0.05) is 24.6 Å². The summed E-state index contributed by atoms with van der Waals surface area (Å²) in [4.78, 5) is 11.6. The van der Waals surface area contributed by atoms with E-state index in [0.717, 1.165) is 3.57 Å². The zero-order valence-corrected chi connectivity index (χ0v) is 16.5. The van der Waals surface area contributed by atoms with Gasteiger partial charge >= 0.3 is 5.97 Å². The molecule has 0 saturated heterocycles. The van der Waals surface area contributed by atoms with Crippen LogP contribution in [0.25, 0.3) is 0 Å². The number of halogens is 4. The molecule has 2 aromatic carbocycles. The number of ether oxygens (including phenoxy) is 2. The SMILES string of the molecule is CCC(=O)Oc1cccc(I)c1COc1cc(Cl)c(C)cc1C(F)F. The fraction of sp³-hybridized carbons (Fsp3) is 0.278. The highest BCUT2D eigenvalue weighted by Gasteiger charge is 2.18. The van der Waals surface area contributed by atoms with Crippen molar-refractivity contribution in [1.29, 1.82) is 0 Å². The highest BCUT2D eigenvalue weighted by atomic mass is 127. The molecule has 3 nitrogen and oxygen atoms in total. The smallest absolute Gasteiger partial charge is 0.310 e. The molecule has 0 radical (unpaired) electrons. The first kappa shape index (κ1) is 19.9. The lowest BCUT2D eigenvalue weighted by molar-refractivity contribution is -0.134. The Labute approximate surface area is 163 Å². The van der Waals surface area contributed by atoms with E-state index in [1.54, 1.807) is 26.0 Å². The van der Waals surface area contributed by atoms with E-state index in [1.807, 2.05) is 6.07 Å². The first-order valence-corrected chi connectivity index (χ1v) is 8.98. The van der Waals surface area contributed by atoms with E-state index in [9.17, 15) is 13.6 Å². The Morgan fingerprint density at radius 3 is 2.64 bits per heavy atom. The molecule has 2 aromatic rings. The Hall–Kier alpha value is -1.41. The van der Waals surface area contributed by atoms with Crippen LogP contribution >= 0.6 is 34.2 Å². The Bertz CT molecular complexity index is 781. The van der Waals surface area contributed by atoms with E-state index in [2.05, 4.69) is 22.6 Å². The van der Waals surface area contributed by atoms with Gasteiger partial charge in [0.1, 0.15) is 18.1 Å². The van der Waals surface area contributed by atoms with Crippen LogP contribution in [0.5, 0.6) is 11.5 Å². The second-order valence-corrected chi connectivity index (χ2v) is 6.84. The maximum atomic E-state index is 13.2. The summed E-state index contributed by atoms with van der Waals surface area (Å²) in [5, 5.41) is 0.347. The Balaban J connectivity index is 2.30. The second kappa shape index (κ2) is 8.80. The van der Waals surface area contributed by atoms with Gasteiger partial charge in [0.2, 0.25) is 0 Å². The Morgan fingerprint density at radius 2 is 2.00 bits per heavy atom. The second-order valence-electron chi connectivity index (χ2n) is 5.27. The fourth-order valence-electron chi connectivity index (χ4n) is 2.10. The first-order valence-electron chi connectivity index (χ1n) is 7.52.